The second kappa shape index (κ2) is 9.57. The van der Waals surface area contributed by atoms with Crippen LogP contribution in [0, 0.1) is 5.41 Å². The van der Waals surface area contributed by atoms with Crippen LogP contribution < -0.4 is 4.72 Å². The third-order valence-corrected chi connectivity index (χ3v) is 6.21. The number of carbonyl (C=O) groups excluding carboxylic acids is 1. The van der Waals surface area contributed by atoms with Crippen LogP contribution >= 0.6 is 0 Å². The maximum atomic E-state index is 13.0. The molecule has 0 unspecified atom stereocenters. The number of amides is 1. The number of sulfonamides is 1. The van der Waals surface area contributed by atoms with Gasteiger partial charge in [-0.05, 0) is 12.5 Å². The number of hydrogen-bond acceptors (Lipinski definition) is 6. The summed E-state index contributed by atoms with van der Waals surface area (Å²) in [4.78, 5) is 14.1. The van der Waals surface area contributed by atoms with E-state index in [1.807, 2.05) is 0 Å². The molecular weight excluding hydrogens is 444 g/mol. The Morgan fingerprint density at radius 1 is 1.31 bits per heavy atom. The maximum absolute atomic E-state index is 13.0. The topological polar surface area (TPSA) is 128 Å². The van der Waals surface area contributed by atoms with Crippen molar-refractivity contribution in [2.45, 2.75) is 36.8 Å². The number of nitrogens with one attached hydrogen (secondary N) is 2. The molecule has 1 amide bonds. The van der Waals surface area contributed by atoms with Gasteiger partial charge in [0.2, 0.25) is 5.91 Å². The molecule has 1 aromatic heterocycles. The molecule has 32 heavy (non-hydrogen) atoms. The van der Waals surface area contributed by atoms with Crippen LogP contribution in [0.1, 0.15) is 18.4 Å². The SMILES string of the molecule is C[C@@H](O)[C@@H](C(=O)N1CC(=N)/C(=C\NS(=O)(=O)c2cnn(CC(F)F)c2)C1)c1ccccc1. The van der Waals surface area contributed by atoms with Crippen molar-refractivity contribution in [2.75, 3.05) is 13.1 Å². The number of alkyl halides is 2. The highest BCUT2D eigenvalue weighted by molar-refractivity contribution is 7.89. The number of nitrogens with zero attached hydrogens (tertiary/aromatic N) is 3. The molecular formula is C20H23F2N5O4S. The van der Waals surface area contributed by atoms with Crippen molar-refractivity contribution < 1.29 is 27.1 Å². The summed E-state index contributed by atoms with van der Waals surface area (Å²) in [6.45, 7) is 0.732. The van der Waals surface area contributed by atoms with Crippen LogP contribution in [0.15, 0.2) is 59.4 Å². The van der Waals surface area contributed by atoms with E-state index >= 15 is 0 Å². The van der Waals surface area contributed by atoms with E-state index in [0.29, 0.717) is 5.56 Å². The molecule has 1 aliphatic rings. The number of aliphatic hydroxyl groups is 1. The van der Waals surface area contributed by atoms with Gasteiger partial charge in [-0.25, -0.2) is 17.2 Å². The summed E-state index contributed by atoms with van der Waals surface area (Å²) < 4.78 is 52.7. The average Bonchev–Trinajstić information content (AvgIpc) is 3.34. The van der Waals surface area contributed by atoms with E-state index in [1.165, 1.54) is 11.8 Å². The van der Waals surface area contributed by atoms with Crippen LogP contribution in [0.25, 0.3) is 0 Å². The zero-order valence-corrected chi connectivity index (χ0v) is 18.0. The predicted octanol–water partition coefficient (Wildman–Crippen LogP) is 1.34. The van der Waals surface area contributed by atoms with Crippen LogP contribution in [0.5, 0.6) is 0 Å². The smallest absolute Gasteiger partial charge is 0.264 e. The van der Waals surface area contributed by atoms with Crippen LogP contribution in [-0.4, -0.2) is 65.4 Å². The Hall–Kier alpha value is -3.12. The largest absolute Gasteiger partial charge is 0.392 e. The van der Waals surface area contributed by atoms with Crippen molar-refractivity contribution in [1.29, 1.82) is 5.41 Å². The molecule has 0 radical (unpaired) electrons. The van der Waals surface area contributed by atoms with Crippen LogP contribution in [0.4, 0.5) is 8.78 Å². The number of aromatic nitrogens is 2. The number of aliphatic hydroxyl groups excluding tert-OH is 1. The minimum absolute atomic E-state index is 0.0130. The number of hydrogen-bond donors (Lipinski definition) is 3. The average molecular weight is 467 g/mol. The highest BCUT2D eigenvalue weighted by atomic mass is 32.2. The molecule has 3 N–H and O–H groups in total. The minimum Gasteiger partial charge on any atom is -0.392 e. The summed E-state index contributed by atoms with van der Waals surface area (Å²) in [5.74, 6) is -1.20. The van der Waals surface area contributed by atoms with Crippen molar-refractivity contribution in [3.05, 3.63) is 60.1 Å². The number of carbonyl (C=O) groups is 1. The summed E-state index contributed by atoms with van der Waals surface area (Å²) in [5, 5.41) is 21.9. The molecule has 172 valence electrons. The van der Waals surface area contributed by atoms with Gasteiger partial charge in [0.15, 0.2) is 0 Å². The van der Waals surface area contributed by atoms with Gasteiger partial charge < -0.3 is 15.4 Å². The fraction of sp³-hybridized carbons (Fsp3) is 0.350. The third kappa shape index (κ3) is 5.37. The van der Waals surface area contributed by atoms with E-state index in [4.69, 9.17) is 5.41 Å². The predicted molar refractivity (Wildman–Crippen MR) is 112 cm³/mol. The molecule has 2 heterocycles. The fourth-order valence-electron chi connectivity index (χ4n) is 3.36. The molecule has 3 rings (SSSR count). The molecule has 0 aliphatic carbocycles. The Morgan fingerprint density at radius 2 is 2.00 bits per heavy atom. The molecule has 0 saturated carbocycles. The number of halogens is 2. The Bertz CT molecular complexity index is 1120. The van der Waals surface area contributed by atoms with Gasteiger partial charge in [0, 0.05) is 24.5 Å². The molecule has 1 aliphatic heterocycles. The van der Waals surface area contributed by atoms with Gasteiger partial charge in [-0.2, -0.15) is 5.10 Å². The monoisotopic (exact) mass is 467 g/mol. The highest BCUT2D eigenvalue weighted by Crippen LogP contribution is 2.25. The summed E-state index contributed by atoms with van der Waals surface area (Å²) in [6.07, 6.45) is -0.600. The molecule has 1 fully saturated rings. The van der Waals surface area contributed by atoms with Gasteiger partial charge >= 0.3 is 0 Å². The molecule has 2 atom stereocenters. The van der Waals surface area contributed by atoms with Gasteiger partial charge in [-0.3, -0.25) is 14.2 Å². The van der Waals surface area contributed by atoms with Crippen molar-refractivity contribution in [3.8, 4) is 0 Å². The van der Waals surface area contributed by atoms with Gasteiger partial charge in [0.05, 0.1) is 30.5 Å². The lowest BCUT2D eigenvalue weighted by molar-refractivity contribution is -0.133. The normalized spacial score (nSPS) is 17.7. The summed E-state index contributed by atoms with van der Waals surface area (Å²) in [6, 6.07) is 8.77. The van der Waals surface area contributed by atoms with Crippen LogP contribution in [0.3, 0.4) is 0 Å². The highest BCUT2D eigenvalue weighted by Gasteiger charge is 2.34. The minimum atomic E-state index is -4.09. The lowest BCUT2D eigenvalue weighted by Gasteiger charge is -2.25. The van der Waals surface area contributed by atoms with E-state index in [2.05, 4.69) is 9.82 Å². The van der Waals surface area contributed by atoms with Crippen LogP contribution in [-0.2, 0) is 21.4 Å². The van der Waals surface area contributed by atoms with Gasteiger partial charge in [-0.15, -0.1) is 0 Å². The molecule has 9 nitrogen and oxygen atoms in total. The third-order valence-electron chi connectivity index (χ3n) is 4.95. The molecule has 0 bridgehead atoms. The number of benzene rings is 1. The first-order valence-corrected chi connectivity index (χ1v) is 11.2. The van der Waals surface area contributed by atoms with Crippen molar-refractivity contribution in [1.82, 2.24) is 19.4 Å². The van der Waals surface area contributed by atoms with Crippen molar-refractivity contribution in [3.63, 3.8) is 0 Å². The second-order valence-electron chi connectivity index (χ2n) is 7.38. The van der Waals surface area contributed by atoms with E-state index < -0.39 is 35.0 Å². The Balaban J connectivity index is 1.72. The first-order chi connectivity index (χ1) is 15.1. The summed E-state index contributed by atoms with van der Waals surface area (Å²) in [5.41, 5.74) is 0.962. The number of likely N-dealkylation sites (tertiary alicyclic amines) is 1. The molecule has 1 aromatic carbocycles. The maximum Gasteiger partial charge on any atom is 0.264 e. The zero-order chi connectivity index (χ0) is 23.5. The van der Waals surface area contributed by atoms with Crippen LogP contribution in [0.2, 0.25) is 0 Å². The Morgan fingerprint density at radius 3 is 2.62 bits per heavy atom. The molecule has 0 spiro atoms. The fourth-order valence-corrected chi connectivity index (χ4v) is 4.24. The molecule has 12 heteroatoms. The summed E-state index contributed by atoms with van der Waals surface area (Å²) in [7, 11) is -4.09. The molecule has 2 aromatic rings. The van der Waals surface area contributed by atoms with E-state index in [-0.39, 0.29) is 35.2 Å². The van der Waals surface area contributed by atoms with E-state index in [0.717, 1.165) is 23.3 Å². The summed E-state index contributed by atoms with van der Waals surface area (Å²) >= 11 is 0. The Labute approximate surface area is 183 Å². The van der Waals surface area contributed by atoms with Crippen molar-refractivity contribution >= 4 is 21.6 Å². The lowest BCUT2D eigenvalue weighted by Crippen LogP contribution is -2.37. The van der Waals surface area contributed by atoms with E-state index in [1.54, 1.807) is 30.3 Å². The molecule has 1 saturated heterocycles. The van der Waals surface area contributed by atoms with E-state index in [9.17, 15) is 27.1 Å². The first-order valence-electron chi connectivity index (χ1n) is 9.70. The first kappa shape index (κ1) is 23.5. The standard InChI is InChI=1S/C20H23F2N5O4S/c1-13(28)19(14-5-3-2-4-6-14)20(29)26-9-15(17(23)11-26)7-25-32(30,31)16-8-24-27(10-16)12-18(21)22/h2-8,10,13,18-19,23,25,28H,9,11-12H2,1H3/b15-7-,23-17?/t13-,19-/m1/s1. The second-order valence-corrected chi connectivity index (χ2v) is 9.10. The lowest BCUT2D eigenvalue weighted by atomic mass is 9.93. The quantitative estimate of drug-likeness (QED) is 0.540. The Kier molecular flexibility index (Phi) is 7.04. The van der Waals surface area contributed by atoms with Crippen molar-refractivity contribution in [2.24, 2.45) is 0 Å². The zero-order valence-electron chi connectivity index (χ0n) is 17.1. The van der Waals surface area contributed by atoms with Gasteiger partial charge in [0.1, 0.15) is 11.4 Å². The number of rotatable bonds is 8. The van der Waals surface area contributed by atoms with Gasteiger partial charge in [0.25, 0.3) is 16.4 Å². The van der Waals surface area contributed by atoms with Gasteiger partial charge in [-0.1, -0.05) is 30.3 Å².